The standard InChI is InChI=1S/C19H17N5O4/c1-28-14-10-6-5-9-13(14)24-18(26)16-17(19(24)27)23(22-21-16)11-15(25)20-12-7-3-2-4-8-12/h2-10,16-17H,11H2,1H3,(H,20,25)/t16-,17-/m0/s1. The molecule has 0 bridgehead atoms. The molecule has 0 saturated carbocycles. The largest absolute Gasteiger partial charge is 0.495 e. The first-order chi connectivity index (χ1) is 13.6. The number of hydrogen-bond donors (Lipinski definition) is 1. The van der Waals surface area contributed by atoms with Gasteiger partial charge in [-0.15, -0.1) is 0 Å². The second kappa shape index (κ2) is 7.10. The van der Waals surface area contributed by atoms with Crippen LogP contribution in [0.1, 0.15) is 0 Å². The summed E-state index contributed by atoms with van der Waals surface area (Å²) < 4.78 is 5.26. The van der Waals surface area contributed by atoms with E-state index < -0.39 is 23.9 Å². The Balaban J connectivity index is 1.52. The second-order valence-electron chi connectivity index (χ2n) is 6.29. The number of anilines is 2. The van der Waals surface area contributed by atoms with Crippen molar-refractivity contribution >= 4 is 29.1 Å². The van der Waals surface area contributed by atoms with Crippen LogP contribution in [0.5, 0.6) is 5.75 Å². The first kappa shape index (κ1) is 17.7. The van der Waals surface area contributed by atoms with Crippen molar-refractivity contribution in [3.05, 3.63) is 54.6 Å². The van der Waals surface area contributed by atoms with Crippen LogP contribution in [-0.4, -0.2) is 48.5 Å². The van der Waals surface area contributed by atoms with E-state index in [9.17, 15) is 14.4 Å². The Bertz CT molecular complexity index is 962. The summed E-state index contributed by atoms with van der Waals surface area (Å²) in [6, 6.07) is 13.8. The van der Waals surface area contributed by atoms with Crippen LogP contribution in [0.4, 0.5) is 11.4 Å². The fourth-order valence-electron chi connectivity index (χ4n) is 3.27. The van der Waals surface area contributed by atoms with Gasteiger partial charge in [-0.3, -0.25) is 19.4 Å². The van der Waals surface area contributed by atoms with E-state index in [1.54, 1.807) is 48.5 Å². The Morgan fingerprint density at radius 1 is 1.07 bits per heavy atom. The van der Waals surface area contributed by atoms with Crippen LogP contribution >= 0.6 is 0 Å². The van der Waals surface area contributed by atoms with Crippen molar-refractivity contribution in [3.63, 3.8) is 0 Å². The van der Waals surface area contributed by atoms with Gasteiger partial charge in [0.15, 0.2) is 12.1 Å². The lowest BCUT2D eigenvalue weighted by Crippen LogP contribution is -2.43. The van der Waals surface area contributed by atoms with Gasteiger partial charge in [-0.05, 0) is 24.3 Å². The third kappa shape index (κ3) is 2.96. The Kier molecular flexibility index (Phi) is 4.48. The topological polar surface area (TPSA) is 104 Å². The van der Waals surface area contributed by atoms with Crippen LogP contribution in [0.3, 0.4) is 0 Å². The highest BCUT2D eigenvalue weighted by atomic mass is 16.5. The number of nitrogens with one attached hydrogen (secondary N) is 1. The number of ether oxygens (including phenoxy) is 1. The molecule has 3 amide bonds. The molecule has 2 atom stereocenters. The van der Waals surface area contributed by atoms with E-state index in [0.29, 0.717) is 17.1 Å². The first-order valence-corrected chi connectivity index (χ1v) is 8.63. The molecule has 9 heteroatoms. The molecular formula is C19H17N5O4. The van der Waals surface area contributed by atoms with E-state index in [1.165, 1.54) is 12.1 Å². The zero-order chi connectivity index (χ0) is 19.7. The molecule has 4 rings (SSSR count). The summed E-state index contributed by atoms with van der Waals surface area (Å²) in [5.74, 6) is -0.942. The Morgan fingerprint density at radius 3 is 2.54 bits per heavy atom. The van der Waals surface area contributed by atoms with Gasteiger partial charge in [0.2, 0.25) is 5.91 Å². The normalized spacial score (nSPS) is 20.5. The number of hydrogen-bond acceptors (Lipinski definition) is 7. The second-order valence-corrected chi connectivity index (χ2v) is 6.29. The number of rotatable bonds is 5. The minimum atomic E-state index is -0.970. The number of carbonyl (C=O) groups is 3. The van der Waals surface area contributed by atoms with E-state index >= 15 is 0 Å². The maximum absolute atomic E-state index is 13.0. The number of imide groups is 1. The van der Waals surface area contributed by atoms with Crippen LogP contribution in [0.25, 0.3) is 0 Å². The van der Waals surface area contributed by atoms with Crippen LogP contribution in [0.15, 0.2) is 64.9 Å². The minimum absolute atomic E-state index is 0.196. The molecule has 2 aliphatic heterocycles. The highest BCUT2D eigenvalue weighted by molar-refractivity contribution is 6.26. The predicted octanol–water partition coefficient (Wildman–Crippen LogP) is 1.63. The predicted molar refractivity (Wildman–Crippen MR) is 99.7 cm³/mol. The van der Waals surface area contributed by atoms with Gasteiger partial charge in [0.05, 0.1) is 12.8 Å². The van der Waals surface area contributed by atoms with Crippen LogP contribution < -0.4 is 15.0 Å². The summed E-state index contributed by atoms with van der Waals surface area (Å²) in [5.41, 5.74) is 0.975. The van der Waals surface area contributed by atoms with Gasteiger partial charge in [-0.2, -0.15) is 5.11 Å². The van der Waals surface area contributed by atoms with Gasteiger partial charge in [-0.1, -0.05) is 35.6 Å². The zero-order valence-corrected chi connectivity index (χ0v) is 15.0. The number of carbonyl (C=O) groups excluding carboxylic acids is 3. The van der Waals surface area contributed by atoms with Crippen molar-refractivity contribution in [2.45, 2.75) is 12.1 Å². The lowest BCUT2D eigenvalue weighted by Gasteiger charge is -2.21. The molecule has 2 heterocycles. The molecule has 2 aliphatic rings. The van der Waals surface area contributed by atoms with Gasteiger partial charge >= 0.3 is 0 Å². The summed E-state index contributed by atoms with van der Waals surface area (Å²) in [5, 5.41) is 11.8. The molecule has 1 fully saturated rings. The maximum Gasteiger partial charge on any atom is 0.263 e. The van der Waals surface area contributed by atoms with Crippen molar-refractivity contribution in [2.24, 2.45) is 10.3 Å². The number of nitrogens with zero attached hydrogens (tertiary/aromatic N) is 4. The SMILES string of the molecule is COc1ccccc1N1C(=O)[C@H]2N=NN(CC(=O)Nc3ccccc3)[C@@H]2C1=O. The summed E-state index contributed by atoms with van der Waals surface area (Å²) in [4.78, 5) is 39.1. The molecule has 0 spiro atoms. The van der Waals surface area contributed by atoms with Gasteiger partial charge in [-0.25, -0.2) is 4.90 Å². The fraction of sp³-hybridized carbons (Fsp3) is 0.211. The van der Waals surface area contributed by atoms with Crippen molar-refractivity contribution in [1.82, 2.24) is 5.01 Å². The zero-order valence-electron chi connectivity index (χ0n) is 15.0. The Morgan fingerprint density at radius 2 is 1.79 bits per heavy atom. The smallest absolute Gasteiger partial charge is 0.263 e. The molecule has 142 valence electrons. The average Bonchev–Trinajstić information content (AvgIpc) is 3.22. The number of para-hydroxylation sites is 3. The Hall–Kier alpha value is -3.75. The van der Waals surface area contributed by atoms with E-state index in [-0.39, 0.29) is 12.5 Å². The molecule has 9 nitrogen and oxygen atoms in total. The molecule has 0 radical (unpaired) electrons. The molecule has 1 N–H and O–H groups in total. The molecule has 0 aliphatic carbocycles. The molecule has 0 aromatic heterocycles. The minimum Gasteiger partial charge on any atom is -0.495 e. The quantitative estimate of drug-likeness (QED) is 0.795. The lowest BCUT2D eigenvalue weighted by atomic mass is 10.1. The fourth-order valence-corrected chi connectivity index (χ4v) is 3.27. The summed E-state index contributed by atoms with van der Waals surface area (Å²) in [6.45, 7) is -0.196. The third-order valence-corrected chi connectivity index (χ3v) is 4.55. The summed E-state index contributed by atoms with van der Waals surface area (Å²) in [6.07, 6.45) is 0. The van der Waals surface area contributed by atoms with Gasteiger partial charge in [0.25, 0.3) is 11.8 Å². The van der Waals surface area contributed by atoms with Crippen molar-refractivity contribution in [2.75, 3.05) is 23.9 Å². The maximum atomic E-state index is 13.0. The average molecular weight is 379 g/mol. The van der Waals surface area contributed by atoms with Crippen LogP contribution in [0.2, 0.25) is 0 Å². The molecule has 1 saturated heterocycles. The van der Waals surface area contributed by atoms with Crippen molar-refractivity contribution in [3.8, 4) is 5.75 Å². The number of methoxy groups -OCH3 is 1. The van der Waals surface area contributed by atoms with Gasteiger partial charge < -0.3 is 10.1 Å². The molecule has 2 aromatic carbocycles. The summed E-state index contributed by atoms with van der Waals surface area (Å²) >= 11 is 0. The van der Waals surface area contributed by atoms with E-state index in [1.807, 2.05) is 6.07 Å². The molecule has 28 heavy (non-hydrogen) atoms. The summed E-state index contributed by atoms with van der Waals surface area (Å²) in [7, 11) is 1.46. The number of fused-ring (bicyclic) bond motifs is 1. The van der Waals surface area contributed by atoms with Gasteiger partial charge in [0.1, 0.15) is 12.3 Å². The number of benzene rings is 2. The first-order valence-electron chi connectivity index (χ1n) is 8.63. The van der Waals surface area contributed by atoms with E-state index in [0.717, 1.165) is 4.90 Å². The lowest BCUT2D eigenvalue weighted by molar-refractivity contribution is -0.123. The van der Waals surface area contributed by atoms with Crippen molar-refractivity contribution < 1.29 is 19.1 Å². The molecular weight excluding hydrogens is 362 g/mol. The highest BCUT2D eigenvalue weighted by Crippen LogP contribution is 2.36. The molecule has 0 unspecified atom stereocenters. The number of amides is 3. The van der Waals surface area contributed by atoms with E-state index in [2.05, 4.69) is 15.7 Å². The van der Waals surface area contributed by atoms with Crippen LogP contribution in [-0.2, 0) is 14.4 Å². The van der Waals surface area contributed by atoms with Crippen LogP contribution in [0, 0.1) is 0 Å². The van der Waals surface area contributed by atoms with E-state index in [4.69, 9.17) is 4.74 Å². The molecule has 2 aromatic rings. The monoisotopic (exact) mass is 379 g/mol. The Labute approximate surface area is 160 Å². The highest BCUT2D eigenvalue weighted by Gasteiger charge is 2.55. The third-order valence-electron chi connectivity index (χ3n) is 4.55. The van der Waals surface area contributed by atoms with Crippen molar-refractivity contribution in [1.29, 1.82) is 0 Å². The van der Waals surface area contributed by atoms with Gasteiger partial charge in [0, 0.05) is 5.69 Å².